The van der Waals surface area contributed by atoms with Crippen molar-refractivity contribution in [2.45, 2.75) is 30.2 Å². The van der Waals surface area contributed by atoms with Crippen LogP contribution >= 0.6 is 11.8 Å². The van der Waals surface area contributed by atoms with Crippen LogP contribution in [-0.2, 0) is 11.2 Å². The number of esters is 1. The molecule has 200 valence electrons. The standard InChI is InChI=1S/C27H24F3NO6S/c28-27(29,30)37-22-12-8-18(9-13-22)20(16-36-25(33)19-4-2-1-3-5-19)15-35-21-10-6-17(7-11-21)14-23-24(32)31-26(34)38-23/h1-13,20,23-24,32H,14-16H2,(H,31,34)/t20-,23?,24?/m0/s1. The van der Waals surface area contributed by atoms with Crippen LogP contribution in [-0.4, -0.2) is 47.4 Å². The first-order valence-corrected chi connectivity index (χ1v) is 12.5. The van der Waals surface area contributed by atoms with Gasteiger partial charge in [-0.05, 0) is 53.9 Å². The molecule has 1 fully saturated rings. The molecule has 4 rings (SSSR count). The zero-order valence-corrected chi connectivity index (χ0v) is 20.7. The first-order chi connectivity index (χ1) is 18.2. The highest BCUT2D eigenvalue weighted by Gasteiger charge is 2.32. The largest absolute Gasteiger partial charge is 0.573 e. The molecule has 38 heavy (non-hydrogen) atoms. The first kappa shape index (κ1) is 27.3. The molecular formula is C27H24F3NO6S. The third kappa shape index (κ3) is 7.90. The zero-order chi connectivity index (χ0) is 27.1. The number of alkyl halides is 3. The second-order valence-corrected chi connectivity index (χ2v) is 9.68. The molecule has 11 heteroatoms. The van der Waals surface area contributed by atoms with Crippen molar-refractivity contribution in [2.24, 2.45) is 0 Å². The number of aliphatic hydroxyl groups is 1. The molecule has 0 saturated carbocycles. The van der Waals surface area contributed by atoms with E-state index in [-0.39, 0.29) is 29.5 Å². The Hall–Kier alpha value is -3.70. The quantitative estimate of drug-likeness (QED) is 0.333. The van der Waals surface area contributed by atoms with Crippen molar-refractivity contribution in [2.75, 3.05) is 13.2 Å². The summed E-state index contributed by atoms with van der Waals surface area (Å²) < 4.78 is 52.9. The molecule has 3 atom stereocenters. The van der Waals surface area contributed by atoms with E-state index < -0.39 is 24.5 Å². The number of carbonyl (C=O) groups is 2. The fraction of sp³-hybridized carbons (Fsp3) is 0.259. The molecule has 3 aromatic rings. The molecule has 0 spiro atoms. The van der Waals surface area contributed by atoms with Gasteiger partial charge in [0.05, 0.1) is 23.3 Å². The van der Waals surface area contributed by atoms with Gasteiger partial charge in [-0.2, -0.15) is 0 Å². The van der Waals surface area contributed by atoms with Gasteiger partial charge in [0.1, 0.15) is 24.3 Å². The molecule has 7 nitrogen and oxygen atoms in total. The number of ether oxygens (including phenoxy) is 3. The van der Waals surface area contributed by atoms with E-state index in [1.165, 1.54) is 24.3 Å². The van der Waals surface area contributed by atoms with Crippen LogP contribution in [0.4, 0.5) is 18.0 Å². The van der Waals surface area contributed by atoms with Crippen molar-refractivity contribution in [1.82, 2.24) is 5.32 Å². The Balaban J connectivity index is 1.41. The van der Waals surface area contributed by atoms with Crippen molar-refractivity contribution >= 4 is 23.0 Å². The maximum atomic E-state index is 12.5. The van der Waals surface area contributed by atoms with Crippen molar-refractivity contribution in [1.29, 1.82) is 0 Å². The average molecular weight is 548 g/mol. The number of halogens is 3. The fourth-order valence-corrected chi connectivity index (χ4v) is 4.71. The maximum Gasteiger partial charge on any atom is 0.573 e. The predicted octanol–water partition coefficient (Wildman–Crippen LogP) is 5.29. The Labute approximate surface area is 220 Å². The van der Waals surface area contributed by atoms with Crippen LogP contribution in [0.1, 0.15) is 27.4 Å². The molecule has 3 aromatic carbocycles. The Bertz CT molecular complexity index is 1220. The van der Waals surface area contributed by atoms with Crippen LogP contribution in [0.3, 0.4) is 0 Å². The number of hydrogen-bond acceptors (Lipinski definition) is 7. The summed E-state index contributed by atoms with van der Waals surface area (Å²) in [5, 5.41) is 11.8. The minimum atomic E-state index is -4.80. The van der Waals surface area contributed by atoms with Crippen LogP contribution in [0.15, 0.2) is 78.9 Å². The summed E-state index contributed by atoms with van der Waals surface area (Å²) in [5.41, 5.74) is 1.87. The van der Waals surface area contributed by atoms with Crippen LogP contribution in [0.25, 0.3) is 0 Å². The second kappa shape index (κ2) is 12.2. The number of thioether (sulfide) groups is 1. The Kier molecular flexibility index (Phi) is 8.80. The Morgan fingerprint density at radius 1 is 0.947 bits per heavy atom. The smallest absolute Gasteiger partial charge is 0.493 e. The highest BCUT2D eigenvalue weighted by Crippen LogP contribution is 2.28. The lowest BCUT2D eigenvalue weighted by molar-refractivity contribution is -0.274. The van der Waals surface area contributed by atoms with Crippen molar-refractivity contribution in [3.05, 3.63) is 95.6 Å². The molecule has 0 bridgehead atoms. The molecule has 2 N–H and O–H groups in total. The molecule has 0 aliphatic carbocycles. The molecule has 0 radical (unpaired) electrons. The highest BCUT2D eigenvalue weighted by atomic mass is 32.2. The first-order valence-electron chi connectivity index (χ1n) is 11.6. The maximum absolute atomic E-state index is 12.5. The van der Waals surface area contributed by atoms with Crippen LogP contribution in [0.2, 0.25) is 0 Å². The van der Waals surface area contributed by atoms with Gasteiger partial charge in [0.2, 0.25) is 0 Å². The van der Waals surface area contributed by atoms with Gasteiger partial charge in [-0.1, -0.05) is 54.2 Å². The molecule has 1 aliphatic rings. The Morgan fingerprint density at radius 3 is 2.21 bits per heavy atom. The van der Waals surface area contributed by atoms with E-state index in [0.29, 0.717) is 23.3 Å². The topological polar surface area (TPSA) is 94.1 Å². The molecular weight excluding hydrogens is 523 g/mol. The van der Waals surface area contributed by atoms with Crippen LogP contribution < -0.4 is 14.8 Å². The summed E-state index contributed by atoms with van der Waals surface area (Å²) in [5.74, 6) is -0.847. The number of rotatable bonds is 10. The normalized spacial score (nSPS) is 17.9. The summed E-state index contributed by atoms with van der Waals surface area (Å²) in [7, 11) is 0. The van der Waals surface area contributed by atoms with Crippen LogP contribution in [0.5, 0.6) is 11.5 Å². The van der Waals surface area contributed by atoms with E-state index in [1.807, 2.05) is 12.1 Å². The van der Waals surface area contributed by atoms with Crippen molar-refractivity contribution < 1.29 is 42.1 Å². The van der Waals surface area contributed by atoms with E-state index in [1.54, 1.807) is 42.5 Å². The number of amides is 1. The van der Waals surface area contributed by atoms with Gasteiger partial charge in [0, 0.05) is 0 Å². The molecule has 2 unspecified atom stereocenters. The number of benzene rings is 3. The number of nitrogens with one attached hydrogen (secondary N) is 1. The molecule has 1 aliphatic heterocycles. The summed E-state index contributed by atoms with van der Waals surface area (Å²) in [4.78, 5) is 23.8. The lowest BCUT2D eigenvalue weighted by atomic mass is 10.0. The minimum absolute atomic E-state index is 0.0664. The number of hydrogen-bond donors (Lipinski definition) is 2. The van der Waals surface area contributed by atoms with Gasteiger partial charge >= 0.3 is 12.3 Å². The monoisotopic (exact) mass is 547 g/mol. The second-order valence-electron chi connectivity index (χ2n) is 8.47. The van der Waals surface area contributed by atoms with E-state index in [0.717, 1.165) is 17.3 Å². The molecule has 1 amide bonds. The summed E-state index contributed by atoms with van der Waals surface area (Å²) in [6, 6.07) is 20.9. The van der Waals surface area contributed by atoms with Gasteiger partial charge in [-0.25, -0.2) is 4.79 Å². The van der Waals surface area contributed by atoms with Gasteiger partial charge in [-0.3, -0.25) is 4.79 Å². The predicted molar refractivity (Wildman–Crippen MR) is 134 cm³/mol. The fourth-order valence-electron chi connectivity index (χ4n) is 3.77. The van der Waals surface area contributed by atoms with Crippen molar-refractivity contribution in [3.8, 4) is 11.5 Å². The van der Waals surface area contributed by atoms with Gasteiger partial charge in [-0.15, -0.1) is 13.2 Å². The molecule has 1 heterocycles. The van der Waals surface area contributed by atoms with E-state index in [4.69, 9.17) is 9.47 Å². The van der Waals surface area contributed by atoms with E-state index >= 15 is 0 Å². The number of carbonyl (C=O) groups excluding carboxylic acids is 2. The summed E-state index contributed by atoms with van der Waals surface area (Å²) >= 11 is 1.05. The van der Waals surface area contributed by atoms with Crippen molar-refractivity contribution in [3.63, 3.8) is 0 Å². The van der Waals surface area contributed by atoms with Gasteiger partial charge in [0.25, 0.3) is 5.24 Å². The molecule has 1 saturated heterocycles. The van der Waals surface area contributed by atoms with Gasteiger partial charge in [0.15, 0.2) is 0 Å². The van der Waals surface area contributed by atoms with E-state index in [2.05, 4.69) is 10.1 Å². The van der Waals surface area contributed by atoms with E-state index in [9.17, 15) is 27.9 Å². The van der Waals surface area contributed by atoms with Gasteiger partial charge < -0.3 is 24.6 Å². The van der Waals surface area contributed by atoms with Crippen LogP contribution in [0, 0.1) is 0 Å². The number of aliphatic hydroxyl groups excluding tert-OH is 1. The Morgan fingerprint density at radius 2 is 1.61 bits per heavy atom. The average Bonchev–Trinajstić information content (AvgIpc) is 3.21. The lowest BCUT2D eigenvalue weighted by Crippen LogP contribution is -2.31. The summed E-state index contributed by atoms with van der Waals surface area (Å²) in [6.45, 7) is 0.0135. The SMILES string of the molecule is O=C1NC(O)C(Cc2ccc(OC[C@@H](COC(=O)c3ccccc3)c3ccc(OC(F)(F)F)cc3)cc2)S1. The summed E-state index contributed by atoms with van der Waals surface area (Å²) in [6.07, 6.45) is -5.23. The molecule has 0 aromatic heterocycles. The zero-order valence-electron chi connectivity index (χ0n) is 19.9. The lowest BCUT2D eigenvalue weighted by Gasteiger charge is -2.19. The minimum Gasteiger partial charge on any atom is -0.493 e. The third-order valence-electron chi connectivity index (χ3n) is 5.70. The third-order valence-corrected chi connectivity index (χ3v) is 6.76. The highest BCUT2D eigenvalue weighted by molar-refractivity contribution is 8.14.